The number of piperazine rings is 1. The van der Waals surface area contributed by atoms with Gasteiger partial charge in [-0.1, -0.05) is 36.4 Å². The molecule has 2 aliphatic heterocycles. The Morgan fingerprint density at radius 3 is 2.76 bits per heavy atom. The van der Waals surface area contributed by atoms with Crippen LogP contribution >= 0.6 is 0 Å². The fourth-order valence-corrected chi connectivity index (χ4v) is 4.53. The maximum Gasteiger partial charge on any atom is 0.319 e. The van der Waals surface area contributed by atoms with Gasteiger partial charge >= 0.3 is 6.01 Å². The van der Waals surface area contributed by atoms with Crippen molar-refractivity contribution in [2.24, 2.45) is 0 Å². The fraction of sp³-hybridized carbons (Fsp3) is 0.400. The van der Waals surface area contributed by atoms with Crippen LogP contribution in [0, 0.1) is 0 Å². The number of ether oxygens (including phenoxy) is 1. The van der Waals surface area contributed by atoms with Crippen molar-refractivity contribution in [3.63, 3.8) is 0 Å². The van der Waals surface area contributed by atoms with Crippen LogP contribution in [0.15, 0.2) is 48.5 Å². The molecule has 8 nitrogen and oxygen atoms in total. The molecular formula is C25H30N6O2. The number of benzene rings is 2. The number of carbonyl (C=O) groups is 1. The minimum atomic E-state index is -0.270. The Morgan fingerprint density at radius 1 is 1.12 bits per heavy atom. The van der Waals surface area contributed by atoms with Crippen LogP contribution in [-0.2, 0) is 0 Å². The number of nitrogens with zero attached hydrogens (tertiary/aromatic N) is 4. The van der Waals surface area contributed by atoms with Crippen LogP contribution in [0.25, 0.3) is 10.8 Å². The topological polar surface area (TPSA) is 82.6 Å². The van der Waals surface area contributed by atoms with E-state index >= 15 is 0 Å². The number of hydrogen-bond acceptors (Lipinski definition) is 7. The Bertz CT molecular complexity index is 1130. The summed E-state index contributed by atoms with van der Waals surface area (Å²) in [6.45, 7) is 5.01. The number of anilines is 2. The molecule has 0 bridgehead atoms. The van der Waals surface area contributed by atoms with Crippen LogP contribution in [0.3, 0.4) is 0 Å². The smallest absolute Gasteiger partial charge is 0.319 e. The molecule has 8 heteroatoms. The zero-order valence-corrected chi connectivity index (χ0v) is 19.0. The van der Waals surface area contributed by atoms with E-state index in [0.29, 0.717) is 18.3 Å². The standard InChI is InChI=1S/C25H30N6O2/c1-30-13-5-8-19(30)17-33-25-28-22(16-23(29-25)31-14-11-26-12-15-31)24(32)27-21-10-4-7-18-6-2-3-9-20(18)21/h2-4,6-7,9-10,16,19,26H,5,8,11-15,17H2,1H3,(H,27,32)/t19-/m0/s1. The second-order valence-corrected chi connectivity index (χ2v) is 8.70. The number of hydrogen-bond donors (Lipinski definition) is 2. The van der Waals surface area contributed by atoms with Gasteiger partial charge in [0.2, 0.25) is 0 Å². The molecule has 0 unspecified atom stereocenters. The lowest BCUT2D eigenvalue weighted by molar-refractivity contribution is 0.102. The van der Waals surface area contributed by atoms with Crippen molar-refractivity contribution in [2.75, 3.05) is 56.6 Å². The van der Waals surface area contributed by atoms with Crippen molar-refractivity contribution in [1.29, 1.82) is 0 Å². The van der Waals surface area contributed by atoms with Gasteiger partial charge in [0, 0.05) is 49.4 Å². The first kappa shape index (κ1) is 21.6. The SMILES string of the molecule is CN1CCC[C@H]1COc1nc(C(=O)Nc2cccc3ccccc23)cc(N2CCNCC2)n1. The molecule has 3 aromatic rings. The van der Waals surface area contributed by atoms with E-state index in [-0.39, 0.29) is 11.9 Å². The molecule has 0 radical (unpaired) electrons. The van der Waals surface area contributed by atoms with Crippen molar-refractivity contribution < 1.29 is 9.53 Å². The van der Waals surface area contributed by atoms with Crippen molar-refractivity contribution in [3.8, 4) is 6.01 Å². The Hall–Kier alpha value is -3.23. The van der Waals surface area contributed by atoms with E-state index in [1.54, 1.807) is 6.07 Å². The molecule has 2 N–H and O–H groups in total. The molecule has 1 aromatic heterocycles. The zero-order valence-electron chi connectivity index (χ0n) is 19.0. The minimum absolute atomic E-state index is 0.259. The third-order valence-corrected chi connectivity index (χ3v) is 6.48. The second kappa shape index (κ2) is 9.72. The summed E-state index contributed by atoms with van der Waals surface area (Å²) in [7, 11) is 2.11. The first-order valence-corrected chi connectivity index (χ1v) is 11.6. The summed E-state index contributed by atoms with van der Waals surface area (Å²) in [5, 5.41) is 8.46. The van der Waals surface area contributed by atoms with E-state index in [0.717, 1.165) is 61.4 Å². The molecule has 172 valence electrons. The second-order valence-electron chi connectivity index (χ2n) is 8.70. The third kappa shape index (κ3) is 4.91. The lowest BCUT2D eigenvalue weighted by Crippen LogP contribution is -2.44. The van der Waals surface area contributed by atoms with Crippen molar-refractivity contribution >= 4 is 28.2 Å². The highest BCUT2D eigenvalue weighted by Crippen LogP contribution is 2.25. The van der Waals surface area contributed by atoms with Crippen molar-refractivity contribution in [2.45, 2.75) is 18.9 Å². The van der Waals surface area contributed by atoms with Gasteiger partial charge in [0.15, 0.2) is 0 Å². The highest BCUT2D eigenvalue weighted by Gasteiger charge is 2.23. The van der Waals surface area contributed by atoms with Gasteiger partial charge < -0.3 is 25.2 Å². The number of fused-ring (bicyclic) bond motifs is 1. The summed E-state index contributed by atoms with van der Waals surface area (Å²) >= 11 is 0. The molecule has 1 amide bonds. The number of aromatic nitrogens is 2. The van der Waals surface area contributed by atoms with Gasteiger partial charge in [0.05, 0.1) is 0 Å². The van der Waals surface area contributed by atoms with Crippen LogP contribution in [0.2, 0.25) is 0 Å². The average Bonchev–Trinajstić information content (AvgIpc) is 3.28. The van der Waals surface area contributed by atoms with E-state index in [4.69, 9.17) is 4.74 Å². The normalized spacial score (nSPS) is 19.1. The van der Waals surface area contributed by atoms with E-state index in [1.165, 1.54) is 6.42 Å². The number of nitrogens with one attached hydrogen (secondary N) is 2. The maximum atomic E-state index is 13.3. The monoisotopic (exact) mass is 446 g/mol. The number of likely N-dealkylation sites (N-methyl/N-ethyl adjacent to an activating group) is 1. The Labute approximate surface area is 194 Å². The Balaban J connectivity index is 1.41. The van der Waals surface area contributed by atoms with Crippen LogP contribution < -0.4 is 20.3 Å². The van der Waals surface area contributed by atoms with Crippen LogP contribution in [0.5, 0.6) is 6.01 Å². The average molecular weight is 447 g/mol. The maximum absolute atomic E-state index is 13.3. The summed E-state index contributed by atoms with van der Waals surface area (Å²) in [5.41, 5.74) is 1.07. The summed E-state index contributed by atoms with van der Waals surface area (Å²) in [5.74, 6) is 0.456. The zero-order chi connectivity index (χ0) is 22.6. The van der Waals surface area contributed by atoms with Gasteiger partial charge in [-0.3, -0.25) is 4.79 Å². The lowest BCUT2D eigenvalue weighted by atomic mass is 10.1. The minimum Gasteiger partial charge on any atom is -0.462 e. The van der Waals surface area contributed by atoms with Gasteiger partial charge in [0.25, 0.3) is 5.91 Å². The van der Waals surface area contributed by atoms with E-state index in [9.17, 15) is 4.79 Å². The molecule has 2 saturated heterocycles. The first-order valence-electron chi connectivity index (χ1n) is 11.6. The van der Waals surface area contributed by atoms with Crippen molar-refractivity contribution in [1.82, 2.24) is 20.2 Å². The largest absolute Gasteiger partial charge is 0.462 e. The predicted octanol–water partition coefficient (Wildman–Crippen LogP) is 2.76. The predicted molar refractivity (Wildman–Crippen MR) is 130 cm³/mol. The lowest BCUT2D eigenvalue weighted by Gasteiger charge is -2.28. The molecule has 33 heavy (non-hydrogen) atoms. The van der Waals surface area contributed by atoms with Gasteiger partial charge in [-0.05, 0) is 37.9 Å². The molecule has 3 heterocycles. The van der Waals surface area contributed by atoms with Crippen LogP contribution in [0.1, 0.15) is 23.3 Å². The highest BCUT2D eigenvalue weighted by atomic mass is 16.5. The van der Waals surface area contributed by atoms with Crippen LogP contribution in [0.4, 0.5) is 11.5 Å². The summed E-state index contributed by atoms with van der Waals surface area (Å²) in [6, 6.07) is 16.3. The molecule has 0 saturated carbocycles. The molecule has 0 aliphatic carbocycles. The molecule has 5 rings (SSSR count). The molecule has 0 spiro atoms. The quantitative estimate of drug-likeness (QED) is 0.602. The molecule has 2 aromatic carbocycles. The van der Waals surface area contributed by atoms with Gasteiger partial charge in [0.1, 0.15) is 18.1 Å². The molecule has 1 atom stereocenters. The summed E-state index contributed by atoms with van der Waals surface area (Å²) < 4.78 is 6.02. The van der Waals surface area contributed by atoms with Gasteiger partial charge in [-0.25, -0.2) is 0 Å². The summed E-state index contributed by atoms with van der Waals surface area (Å²) in [4.78, 5) is 26.9. The Morgan fingerprint density at radius 2 is 1.94 bits per heavy atom. The van der Waals surface area contributed by atoms with Crippen molar-refractivity contribution in [3.05, 3.63) is 54.2 Å². The molecular weight excluding hydrogens is 416 g/mol. The number of carbonyl (C=O) groups excluding carboxylic acids is 1. The third-order valence-electron chi connectivity index (χ3n) is 6.48. The number of rotatable bonds is 6. The fourth-order valence-electron chi connectivity index (χ4n) is 4.53. The van der Waals surface area contributed by atoms with E-state index in [2.05, 4.69) is 37.4 Å². The molecule has 2 fully saturated rings. The van der Waals surface area contributed by atoms with E-state index < -0.39 is 0 Å². The van der Waals surface area contributed by atoms with Crippen LogP contribution in [-0.4, -0.2) is 73.2 Å². The Kier molecular flexibility index (Phi) is 6.37. The number of likely N-dealkylation sites (tertiary alicyclic amines) is 1. The number of amides is 1. The van der Waals surface area contributed by atoms with Gasteiger partial charge in [-0.15, -0.1) is 0 Å². The first-order chi connectivity index (χ1) is 16.2. The van der Waals surface area contributed by atoms with Gasteiger partial charge in [-0.2, -0.15) is 9.97 Å². The van der Waals surface area contributed by atoms with E-state index in [1.807, 2.05) is 42.5 Å². The molecule has 2 aliphatic rings. The summed E-state index contributed by atoms with van der Waals surface area (Å²) in [6.07, 6.45) is 2.27. The highest BCUT2D eigenvalue weighted by molar-refractivity contribution is 6.08.